The predicted molar refractivity (Wildman–Crippen MR) is 94.1 cm³/mol. The van der Waals surface area contributed by atoms with Crippen LogP contribution in [0.2, 0.25) is 0 Å². The van der Waals surface area contributed by atoms with Crippen LogP contribution in [0.5, 0.6) is 0 Å². The van der Waals surface area contributed by atoms with E-state index in [0.717, 1.165) is 22.4 Å². The zero-order valence-corrected chi connectivity index (χ0v) is 14.3. The Hall–Kier alpha value is -2.62. The molecule has 24 heavy (non-hydrogen) atoms. The molecule has 0 N–H and O–H groups in total. The van der Waals surface area contributed by atoms with Gasteiger partial charge in [0, 0.05) is 23.0 Å². The molecule has 0 spiro atoms. The number of halogens is 1. The summed E-state index contributed by atoms with van der Waals surface area (Å²) in [6.07, 6.45) is 4.19. The number of nitrogens with zero attached hydrogens (tertiary/aromatic N) is 3. The molecule has 2 heterocycles. The number of aryl methyl sites for hydroxylation is 1. The lowest BCUT2D eigenvalue weighted by Crippen LogP contribution is -2.10. The van der Waals surface area contributed by atoms with Crippen LogP contribution in [0.1, 0.15) is 32.0 Å². The molecule has 0 unspecified atom stereocenters. The first-order valence-corrected chi connectivity index (χ1v) is 7.90. The maximum Gasteiger partial charge on any atom is 0.161 e. The molecule has 0 aliphatic heterocycles. The van der Waals surface area contributed by atoms with Crippen molar-refractivity contribution in [3.05, 3.63) is 66.0 Å². The van der Waals surface area contributed by atoms with Crippen molar-refractivity contribution in [3.63, 3.8) is 0 Å². The molecule has 0 saturated heterocycles. The minimum atomic E-state index is -0.446. The van der Waals surface area contributed by atoms with Gasteiger partial charge in [-0.1, -0.05) is 45.0 Å². The third-order valence-electron chi connectivity index (χ3n) is 4.03. The summed E-state index contributed by atoms with van der Waals surface area (Å²) < 4.78 is 13.0. The number of benzene rings is 1. The normalized spacial score (nSPS) is 11.5. The maximum absolute atomic E-state index is 13.0. The van der Waals surface area contributed by atoms with E-state index < -0.39 is 5.82 Å². The summed E-state index contributed by atoms with van der Waals surface area (Å²) in [5.41, 5.74) is 5.11. The minimum Gasteiger partial charge on any atom is -0.260 e. The van der Waals surface area contributed by atoms with Crippen LogP contribution in [-0.4, -0.2) is 15.0 Å². The van der Waals surface area contributed by atoms with Gasteiger partial charge in [0.25, 0.3) is 0 Å². The van der Waals surface area contributed by atoms with E-state index in [1.807, 2.05) is 19.2 Å². The molecule has 122 valence electrons. The van der Waals surface area contributed by atoms with Crippen molar-refractivity contribution in [2.75, 3.05) is 0 Å². The molecule has 2 aromatic heterocycles. The van der Waals surface area contributed by atoms with Crippen LogP contribution in [0.3, 0.4) is 0 Å². The summed E-state index contributed by atoms with van der Waals surface area (Å²) >= 11 is 0. The highest BCUT2D eigenvalue weighted by Gasteiger charge is 2.14. The summed E-state index contributed by atoms with van der Waals surface area (Å²) in [5.74, 6) is 0.0350. The van der Waals surface area contributed by atoms with Gasteiger partial charge in [-0.3, -0.25) is 4.98 Å². The van der Waals surface area contributed by atoms with E-state index in [0.29, 0.717) is 5.82 Å². The third kappa shape index (κ3) is 3.32. The smallest absolute Gasteiger partial charge is 0.161 e. The van der Waals surface area contributed by atoms with E-state index in [2.05, 4.69) is 60.0 Å². The topological polar surface area (TPSA) is 38.7 Å². The Kier molecular flexibility index (Phi) is 4.14. The van der Waals surface area contributed by atoms with Crippen LogP contribution in [0.25, 0.3) is 22.5 Å². The fourth-order valence-electron chi connectivity index (χ4n) is 2.53. The second kappa shape index (κ2) is 6.11. The molecule has 0 amide bonds. The average molecular weight is 321 g/mol. The van der Waals surface area contributed by atoms with Gasteiger partial charge >= 0.3 is 0 Å². The number of hydrogen-bond acceptors (Lipinski definition) is 3. The monoisotopic (exact) mass is 321 g/mol. The van der Waals surface area contributed by atoms with Gasteiger partial charge in [-0.15, -0.1) is 0 Å². The largest absolute Gasteiger partial charge is 0.260 e. The Morgan fingerprint density at radius 2 is 1.46 bits per heavy atom. The Morgan fingerprint density at radius 1 is 0.833 bits per heavy atom. The third-order valence-corrected chi connectivity index (χ3v) is 4.03. The van der Waals surface area contributed by atoms with Gasteiger partial charge in [-0.25, -0.2) is 14.4 Å². The van der Waals surface area contributed by atoms with Gasteiger partial charge in [0.1, 0.15) is 0 Å². The molecular weight excluding hydrogens is 301 g/mol. The van der Waals surface area contributed by atoms with Gasteiger partial charge in [-0.2, -0.15) is 0 Å². The van der Waals surface area contributed by atoms with Crippen LogP contribution in [0.15, 0.2) is 48.9 Å². The van der Waals surface area contributed by atoms with Crippen LogP contribution < -0.4 is 0 Å². The van der Waals surface area contributed by atoms with E-state index in [1.54, 1.807) is 0 Å². The first kappa shape index (κ1) is 16.2. The average Bonchev–Trinajstić information content (AvgIpc) is 2.56. The second-order valence-electron chi connectivity index (χ2n) is 6.91. The summed E-state index contributed by atoms with van der Waals surface area (Å²) in [4.78, 5) is 12.6. The van der Waals surface area contributed by atoms with Crippen LogP contribution in [0, 0.1) is 12.7 Å². The summed E-state index contributed by atoms with van der Waals surface area (Å²) in [6.45, 7) is 8.48. The van der Waals surface area contributed by atoms with Crippen molar-refractivity contribution < 1.29 is 4.39 Å². The lowest BCUT2D eigenvalue weighted by molar-refractivity contribution is 0.590. The van der Waals surface area contributed by atoms with Crippen molar-refractivity contribution in [1.82, 2.24) is 15.0 Å². The SMILES string of the molecule is Cc1ncc(-c2ccc(C(C)(C)C)cc2)cc1-c1ncc(F)cn1. The molecule has 3 rings (SSSR count). The van der Waals surface area contributed by atoms with E-state index in [1.165, 1.54) is 18.0 Å². The molecule has 1 aromatic carbocycles. The number of pyridine rings is 1. The van der Waals surface area contributed by atoms with Crippen molar-refractivity contribution in [1.29, 1.82) is 0 Å². The Morgan fingerprint density at radius 3 is 2.04 bits per heavy atom. The lowest BCUT2D eigenvalue weighted by atomic mass is 9.86. The van der Waals surface area contributed by atoms with Gasteiger partial charge < -0.3 is 0 Å². The van der Waals surface area contributed by atoms with E-state index >= 15 is 0 Å². The first-order valence-electron chi connectivity index (χ1n) is 7.90. The lowest BCUT2D eigenvalue weighted by Gasteiger charge is -2.19. The molecule has 0 fully saturated rings. The molecule has 4 heteroatoms. The number of aromatic nitrogens is 3. The van der Waals surface area contributed by atoms with E-state index in [9.17, 15) is 4.39 Å². The molecule has 0 radical (unpaired) electrons. The Labute approximate surface area is 141 Å². The predicted octanol–water partition coefficient (Wildman–Crippen LogP) is 4.95. The van der Waals surface area contributed by atoms with Crippen molar-refractivity contribution in [2.24, 2.45) is 0 Å². The van der Waals surface area contributed by atoms with Crippen LogP contribution in [0.4, 0.5) is 4.39 Å². The fraction of sp³-hybridized carbons (Fsp3) is 0.250. The first-order chi connectivity index (χ1) is 11.3. The number of rotatable bonds is 2. The quantitative estimate of drug-likeness (QED) is 0.670. The molecule has 0 saturated carbocycles. The fourth-order valence-corrected chi connectivity index (χ4v) is 2.53. The molecule has 0 aliphatic carbocycles. The van der Waals surface area contributed by atoms with E-state index in [4.69, 9.17) is 0 Å². The minimum absolute atomic E-state index is 0.122. The van der Waals surface area contributed by atoms with Crippen molar-refractivity contribution in [2.45, 2.75) is 33.1 Å². The molecular formula is C20H20FN3. The van der Waals surface area contributed by atoms with Crippen LogP contribution >= 0.6 is 0 Å². The molecule has 0 aliphatic rings. The summed E-state index contributed by atoms with van der Waals surface area (Å²) in [7, 11) is 0. The molecule has 3 aromatic rings. The molecule has 0 atom stereocenters. The Bertz CT molecular complexity index is 848. The molecule has 3 nitrogen and oxygen atoms in total. The van der Waals surface area contributed by atoms with E-state index in [-0.39, 0.29) is 5.41 Å². The summed E-state index contributed by atoms with van der Waals surface area (Å²) in [6, 6.07) is 10.5. The highest BCUT2D eigenvalue weighted by atomic mass is 19.1. The summed E-state index contributed by atoms with van der Waals surface area (Å²) in [5, 5.41) is 0. The highest BCUT2D eigenvalue weighted by molar-refractivity contribution is 5.70. The van der Waals surface area contributed by atoms with Crippen molar-refractivity contribution in [3.8, 4) is 22.5 Å². The maximum atomic E-state index is 13.0. The van der Waals surface area contributed by atoms with Crippen molar-refractivity contribution >= 4 is 0 Å². The van der Waals surface area contributed by atoms with Gasteiger partial charge in [0.05, 0.1) is 12.4 Å². The standard InChI is InChI=1S/C20H20FN3/c1-13-18(19-23-11-17(21)12-24-19)9-15(10-22-13)14-5-7-16(8-6-14)20(2,3)4/h5-12H,1-4H3. The van der Waals surface area contributed by atoms with Gasteiger partial charge in [0.15, 0.2) is 11.6 Å². The highest BCUT2D eigenvalue weighted by Crippen LogP contribution is 2.28. The number of hydrogen-bond donors (Lipinski definition) is 0. The molecule has 0 bridgehead atoms. The van der Waals surface area contributed by atoms with Crippen LogP contribution in [-0.2, 0) is 5.41 Å². The van der Waals surface area contributed by atoms with Gasteiger partial charge in [-0.05, 0) is 29.5 Å². The van der Waals surface area contributed by atoms with Gasteiger partial charge in [0.2, 0.25) is 0 Å². The Balaban J connectivity index is 2.01. The zero-order valence-electron chi connectivity index (χ0n) is 14.3. The zero-order chi connectivity index (χ0) is 17.3. The second-order valence-corrected chi connectivity index (χ2v) is 6.91.